The van der Waals surface area contributed by atoms with E-state index in [4.69, 9.17) is 9.47 Å². The summed E-state index contributed by atoms with van der Waals surface area (Å²) in [6.45, 7) is 0.275. The van der Waals surface area contributed by atoms with Crippen molar-refractivity contribution in [1.29, 1.82) is 0 Å². The van der Waals surface area contributed by atoms with Gasteiger partial charge in [0.25, 0.3) is 0 Å². The van der Waals surface area contributed by atoms with E-state index in [2.05, 4.69) is 22.6 Å². The van der Waals surface area contributed by atoms with Gasteiger partial charge in [0.1, 0.15) is 17.0 Å². The fraction of sp³-hybridized carbons (Fsp3) is 0.133. The van der Waals surface area contributed by atoms with Crippen molar-refractivity contribution in [3.63, 3.8) is 0 Å². The molecule has 0 fully saturated rings. The summed E-state index contributed by atoms with van der Waals surface area (Å²) in [6.07, 6.45) is 0. The number of hydrogen-bond donors (Lipinski definition) is 0. The fourth-order valence-corrected chi connectivity index (χ4v) is 1.94. The summed E-state index contributed by atoms with van der Waals surface area (Å²) in [4.78, 5) is 11.9. The summed E-state index contributed by atoms with van der Waals surface area (Å²) in [5.41, 5.74) is 1.47. The second-order valence-electron chi connectivity index (χ2n) is 3.84. The van der Waals surface area contributed by atoms with E-state index in [0.29, 0.717) is 15.9 Å². The molecule has 2 aromatic rings. The lowest BCUT2D eigenvalue weighted by Crippen LogP contribution is -2.05. The number of esters is 1. The van der Waals surface area contributed by atoms with Gasteiger partial charge in [-0.1, -0.05) is 36.4 Å². The quantitative estimate of drug-likeness (QED) is 0.457. The molecule has 2 rings (SSSR count). The molecule has 0 saturated heterocycles. The average Bonchev–Trinajstić information content (AvgIpc) is 2.46. The molecular formula is C15H13IO3. The van der Waals surface area contributed by atoms with E-state index < -0.39 is 0 Å². The Morgan fingerprint density at radius 2 is 1.84 bits per heavy atom. The number of benzene rings is 2. The van der Waals surface area contributed by atoms with Crippen LogP contribution in [0.25, 0.3) is 0 Å². The normalized spacial score (nSPS) is 9.95. The maximum absolute atomic E-state index is 11.9. The highest BCUT2D eigenvalue weighted by Gasteiger charge is 2.08. The van der Waals surface area contributed by atoms with Crippen molar-refractivity contribution in [2.24, 2.45) is 0 Å². The smallest absolute Gasteiger partial charge is 0.338 e. The van der Waals surface area contributed by atoms with Crippen LogP contribution in [0.3, 0.4) is 0 Å². The minimum Gasteiger partial charge on any atom is -0.483 e. The second kappa shape index (κ2) is 7.13. The Morgan fingerprint density at radius 1 is 1.05 bits per heavy atom. The Balaban J connectivity index is 1.98. The highest BCUT2D eigenvalue weighted by Crippen LogP contribution is 2.15. The van der Waals surface area contributed by atoms with Gasteiger partial charge >= 0.3 is 5.97 Å². The topological polar surface area (TPSA) is 35.5 Å². The molecule has 19 heavy (non-hydrogen) atoms. The third-order valence-corrected chi connectivity index (χ3v) is 2.82. The van der Waals surface area contributed by atoms with E-state index in [-0.39, 0.29) is 12.6 Å². The molecular weight excluding hydrogens is 355 g/mol. The molecule has 2 aromatic carbocycles. The van der Waals surface area contributed by atoms with Gasteiger partial charge in [-0.05, 0) is 46.4 Å². The number of ether oxygens (including phenoxy) is 2. The molecule has 0 radical (unpaired) electrons. The van der Waals surface area contributed by atoms with Gasteiger partial charge in [0, 0.05) is 0 Å². The zero-order valence-electron chi connectivity index (χ0n) is 10.2. The van der Waals surface area contributed by atoms with Gasteiger partial charge in [-0.25, -0.2) is 4.79 Å². The third kappa shape index (κ3) is 4.24. The monoisotopic (exact) mass is 368 g/mol. The summed E-state index contributed by atoms with van der Waals surface area (Å²) >= 11 is 2.11. The summed E-state index contributed by atoms with van der Waals surface area (Å²) in [7, 11) is 0. The van der Waals surface area contributed by atoms with Crippen LogP contribution in [0.2, 0.25) is 0 Å². The molecule has 3 nitrogen and oxygen atoms in total. The number of hydrogen-bond acceptors (Lipinski definition) is 3. The number of carbonyl (C=O) groups excluding carboxylic acids is 1. The lowest BCUT2D eigenvalue weighted by molar-refractivity contribution is 0.0472. The van der Waals surface area contributed by atoms with Crippen LogP contribution in [0.15, 0.2) is 54.6 Å². The van der Waals surface area contributed by atoms with E-state index in [1.165, 1.54) is 0 Å². The van der Waals surface area contributed by atoms with Crippen molar-refractivity contribution in [3.05, 3.63) is 65.7 Å². The molecule has 0 unspecified atom stereocenters. The van der Waals surface area contributed by atoms with Crippen LogP contribution in [0, 0.1) is 0 Å². The standard InChI is InChI=1S/C15H13IO3/c16-11-19-14-8-4-7-13(9-14)15(17)18-10-12-5-2-1-3-6-12/h1-9H,10-11H2. The van der Waals surface area contributed by atoms with Crippen molar-refractivity contribution < 1.29 is 14.3 Å². The summed E-state index contributed by atoms with van der Waals surface area (Å²) in [5, 5.41) is 0. The fourth-order valence-electron chi connectivity index (χ4n) is 1.58. The molecule has 4 heteroatoms. The molecule has 0 atom stereocenters. The molecule has 0 bridgehead atoms. The van der Waals surface area contributed by atoms with Gasteiger partial charge < -0.3 is 9.47 Å². The van der Waals surface area contributed by atoms with Crippen molar-refractivity contribution in [2.45, 2.75) is 6.61 Å². The first-order valence-corrected chi connectivity index (χ1v) is 7.32. The van der Waals surface area contributed by atoms with Gasteiger partial charge in [0.15, 0.2) is 0 Å². The van der Waals surface area contributed by atoms with E-state index in [1.807, 2.05) is 36.4 Å². The van der Waals surface area contributed by atoms with Crippen LogP contribution in [-0.2, 0) is 11.3 Å². The van der Waals surface area contributed by atoms with Crippen LogP contribution < -0.4 is 4.74 Å². The predicted molar refractivity (Wildman–Crippen MR) is 81.5 cm³/mol. The highest BCUT2D eigenvalue weighted by molar-refractivity contribution is 14.1. The Kier molecular flexibility index (Phi) is 5.20. The number of rotatable bonds is 5. The van der Waals surface area contributed by atoms with E-state index in [0.717, 1.165) is 5.56 Å². The lowest BCUT2D eigenvalue weighted by Gasteiger charge is -2.06. The lowest BCUT2D eigenvalue weighted by atomic mass is 10.2. The first kappa shape index (κ1) is 13.9. The second-order valence-corrected chi connectivity index (χ2v) is 4.47. The van der Waals surface area contributed by atoms with Crippen LogP contribution in [0.4, 0.5) is 0 Å². The average molecular weight is 368 g/mol. The number of carbonyl (C=O) groups is 1. The Bertz CT molecular complexity index is 540. The predicted octanol–water partition coefficient (Wildman–Crippen LogP) is 3.81. The summed E-state index contributed by atoms with van der Waals surface area (Å²) in [6, 6.07) is 16.6. The third-order valence-electron chi connectivity index (χ3n) is 2.50. The molecule has 0 aliphatic carbocycles. The molecule has 0 spiro atoms. The number of halogens is 1. The van der Waals surface area contributed by atoms with E-state index >= 15 is 0 Å². The molecule has 0 aliphatic rings. The first-order chi connectivity index (χ1) is 9.29. The van der Waals surface area contributed by atoms with E-state index in [9.17, 15) is 4.79 Å². The van der Waals surface area contributed by atoms with Gasteiger partial charge in [0.05, 0.1) is 5.56 Å². The van der Waals surface area contributed by atoms with Crippen molar-refractivity contribution >= 4 is 28.6 Å². The summed E-state index contributed by atoms with van der Waals surface area (Å²) < 4.78 is 11.1. The Morgan fingerprint density at radius 3 is 2.58 bits per heavy atom. The molecule has 0 saturated carbocycles. The van der Waals surface area contributed by atoms with Crippen LogP contribution in [0.1, 0.15) is 15.9 Å². The van der Waals surface area contributed by atoms with E-state index in [1.54, 1.807) is 18.2 Å². The van der Waals surface area contributed by atoms with Crippen molar-refractivity contribution in [1.82, 2.24) is 0 Å². The van der Waals surface area contributed by atoms with Gasteiger partial charge in [-0.15, -0.1) is 0 Å². The minimum atomic E-state index is -0.345. The first-order valence-electron chi connectivity index (χ1n) is 5.79. The SMILES string of the molecule is O=C(OCc1ccccc1)c1cccc(OCI)c1. The molecule has 98 valence electrons. The largest absolute Gasteiger partial charge is 0.483 e. The summed E-state index contributed by atoms with van der Waals surface area (Å²) in [5.74, 6) is 0.325. The number of alkyl halides is 1. The molecule has 0 aliphatic heterocycles. The Labute approximate surface area is 125 Å². The van der Waals surface area contributed by atoms with Crippen LogP contribution in [0.5, 0.6) is 5.75 Å². The zero-order chi connectivity index (χ0) is 13.5. The Hall–Kier alpha value is -1.56. The zero-order valence-corrected chi connectivity index (χ0v) is 12.4. The van der Waals surface area contributed by atoms with Crippen molar-refractivity contribution in [3.8, 4) is 5.75 Å². The van der Waals surface area contributed by atoms with Gasteiger partial charge in [-0.2, -0.15) is 0 Å². The highest BCUT2D eigenvalue weighted by atomic mass is 127. The molecule has 0 amide bonds. The molecule has 0 N–H and O–H groups in total. The van der Waals surface area contributed by atoms with Crippen LogP contribution in [-0.4, -0.2) is 10.6 Å². The minimum absolute atomic E-state index is 0.275. The molecule has 0 heterocycles. The van der Waals surface area contributed by atoms with Gasteiger partial charge in [0.2, 0.25) is 0 Å². The van der Waals surface area contributed by atoms with Crippen LogP contribution >= 0.6 is 22.6 Å². The maximum atomic E-state index is 11.9. The maximum Gasteiger partial charge on any atom is 0.338 e. The van der Waals surface area contributed by atoms with Gasteiger partial charge in [-0.3, -0.25) is 0 Å². The van der Waals surface area contributed by atoms with Crippen molar-refractivity contribution in [2.75, 3.05) is 4.61 Å². The molecule has 0 aromatic heterocycles.